The van der Waals surface area contributed by atoms with Crippen LogP contribution in [-0.2, 0) is 11.2 Å². The molecular weight excluding hydrogens is 414 g/mol. The number of aryl methyl sites for hydroxylation is 2. The van der Waals surface area contributed by atoms with Crippen LogP contribution in [-0.4, -0.2) is 26.2 Å². The quantitative estimate of drug-likeness (QED) is 0.482. The first-order valence-electron chi connectivity index (χ1n) is 11.2. The molecule has 0 bridgehead atoms. The summed E-state index contributed by atoms with van der Waals surface area (Å²) in [5.41, 5.74) is 5.99. The SMILES string of the molecule is COc1cc2c(cc1OC(C)C)C(c1ccc(C)cc1)N(c1ccc(C)cc1OC)C(=O)C2. The van der Waals surface area contributed by atoms with Crippen LogP contribution < -0.4 is 19.1 Å². The van der Waals surface area contributed by atoms with Crippen molar-refractivity contribution in [2.45, 2.75) is 46.3 Å². The number of benzene rings is 3. The second-order valence-corrected chi connectivity index (χ2v) is 8.80. The number of carbonyl (C=O) groups is 1. The minimum Gasteiger partial charge on any atom is -0.495 e. The van der Waals surface area contributed by atoms with Gasteiger partial charge in [0.15, 0.2) is 11.5 Å². The van der Waals surface area contributed by atoms with Crippen LogP contribution in [0.5, 0.6) is 17.2 Å². The van der Waals surface area contributed by atoms with Gasteiger partial charge in [-0.2, -0.15) is 0 Å². The number of hydrogen-bond acceptors (Lipinski definition) is 4. The lowest BCUT2D eigenvalue weighted by atomic mass is 9.86. The number of anilines is 1. The van der Waals surface area contributed by atoms with Gasteiger partial charge in [-0.25, -0.2) is 0 Å². The minimum atomic E-state index is -0.320. The Bertz CT molecular complexity index is 1170. The monoisotopic (exact) mass is 445 g/mol. The van der Waals surface area contributed by atoms with Crippen LogP contribution in [0.25, 0.3) is 0 Å². The van der Waals surface area contributed by atoms with Gasteiger partial charge in [0.25, 0.3) is 0 Å². The zero-order valence-electron chi connectivity index (χ0n) is 20.1. The van der Waals surface area contributed by atoms with Gasteiger partial charge in [-0.05, 0) is 74.2 Å². The smallest absolute Gasteiger partial charge is 0.232 e. The van der Waals surface area contributed by atoms with E-state index >= 15 is 0 Å². The van der Waals surface area contributed by atoms with Crippen LogP contribution in [0.4, 0.5) is 5.69 Å². The van der Waals surface area contributed by atoms with Crippen molar-refractivity contribution in [1.29, 1.82) is 0 Å². The average Bonchev–Trinajstić information content (AvgIpc) is 2.78. The number of fused-ring (bicyclic) bond motifs is 1. The molecule has 0 saturated carbocycles. The van der Waals surface area contributed by atoms with Crippen LogP contribution in [0.2, 0.25) is 0 Å². The molecule has 4 rings (SSSR count). The molecule has 0 saturated heterocycles. The molecule has 5 heteroatoms. The predicted molar refractivity (Wildman–Crippen MR) is 131 cm³/mol. The summed E-state index contributed by atoms with van der Waals surface area (Å²) in [6, 6.07) is 17.9. The molecule has 3 aromatic rings. The Balaban J connectivity index is 1.96. The first-order valence-corrected chi connectivity index (χ1v) is 11.2. The van der Waals surface area contributed by atoms with E-state index in [2.05, 4.69) is 31.2 Å². The molecule has 1 amide bonds. The Kier molecular flexibility index (Phi) is 6.32. The first-order chi connectivity index (χ1) is 15.8. The molecule has 0 fully saturated rings. The maximum absolute atomic E-state index is 13.6. The van der Waals surface area contributed by atoms with Crippen molar-refractivity contribution in [3.63, 3.8) is 0 Å². The number of hydrogen-bond donors (Lipinski definition) is 0. The van der Waals surface area contributed by atoms with Gasteiger partial charge in [0.2, 0.25) is 5.91 Å². The normalized spacial score (nSPS) is 15.4. The van der Waals surface area contributed by atoms with E-state index < -0.39 is 0 Å². The molecule has 1 unspecified atom stereocenters. The molecule has 3 aromatic carbocycles. The molecule has 1 atom stereocenters. The largest absolute Gasteiger partial charge is 0.495 e. The summed E-state index contributed by atoms with van der Waals surface area (Å²) < 4.78 is 17.4. The highest BCUT2D eigenvalue weighted by molar-refractivity contribution is 5.99. The summed E-state index contributed by atoms with van der Waals surface area (Å²) in [4.78, 5) is 15.5. The number of carbonyl (C=O) groups excluding carboxylic acids is 1. The van der Waals surface area contributed by atoms with Crippen LogP contribution in [0.1, 0.15) is 47.7 Å². The third-order valence-electron chi connectivity index (χ3n) is 5.94. The second-order valence-electron chi connectivity index (χ2n) is 8.80. The van der Waals surface area contributed by atoms with Gasteiger partial charge in [0.05, 0.1) is 38.5 Å². The van der Waals surface area contributed by atoms with Gasteiger partial charge in [-0.15, -0.1) is 0 Å². The highest BCUT2D eigenvalue weighted by Crippen LogP contribution is 2.45. The van der Waals surface area contributed by atoms with Crippen molar-refractivity contribution >= 4 is 11.6 Å². The third kappa shape index (κ3) is 4.40. The molecule has 0 spiro atoms. The molecule has 0 radical (unpaired) electrons. The average molecular weight is 446 g/mol. The Morgan fingerprint density at radius 3 is 2.15 bits per heavy atom. The summed E-state index contributed by atoms with van der Waals surface area (Å²) in [6.07, 6.45) is 0.265. The van der Waals surface area contributed by atoms with Crippen molar-refractivity contribution < 1.29 is 19.0 Å². The van der Waals surface area contributed by atoms with Crippen molar-refractivity contribution in [2.24, 2.45) is 0 Å². The molecular formula is C28H31NO4. The zero-order valence-corrected chi connectivity index (χ0v) is 20.1. The van der Waals surface area contributed by atoms with E-state index in [0.717, 1.165) is 27.9 Å². The summed E-state index contributed by atoms with van der Waals surface area (Å²) in [5, 5.41) is 0. The fourth-order valence-corrected chi connectivity index (χ4v) is 4.40. The molecule has 5 nitrogen and oxygen atoms in total. The maximum atomic E-state index is 13.6. The van der Waals surface area contributed by atoms with Crippen LogP contribution in [0.3, 0.4) is 0 Å². The van der Waals surface area contributed by atoms with Gasteiger partial charge < -0.3 is 14.2 Å². The topological polar surface area (TPSA) is 48.0 Å². The Morgan fingerprint density at radius 2 is 1.52 bits per heavy atom. The van der Waals surface area contributed by atoms with E-state index in [9.17, 15) is 4.79 Å². The number of ether oxygens (including phenoxy) is 3. The Labute approximate surface area is 195 Å². The van der Waals surface area contributed by atoms with Gasteiger partial charge in [-0.1, -0.05) is 35.9 Å². The molecule has 1 aliphatic heterocycles. The molecule has 0 aromatic heterocycles. The molecule has 1 heterocycles. The highest BCUT2D eigenvalue weighted by Gasteiger charge is 2.37. The Morgan fingerprint density at radius 1 is 0.848 bits per heavy atom. The van der Waals surface area contributed by atoms with Crippen molar-refractivity contribution in [2.75, 3.05) is 19.1 Å². The fourth-order valence-electron chi connectivity index (χ4n) is 4.40. The van der Waals surface area contributed by atoms with E-state index in [1.165, 1.54) is 5.56 Å². The number of nitrogens with zero attached hydrogens (tertiary/aromatic N) is 1. The molecule has 172 valence electrons. The molecule has 33 heavy (non-hydrogen) atoms. The lowest BCUT2D eigenvalue weighted by molar-refractivity contribution is -0.118. The summed E-state index contributed by atoms with van der Waals surface area (Å²) >= 11 is 0. The lowest BCUT2D eigenvalue weighted by Crippen LogP contribution is -2.41. The number of rotatable bonds is 6. The fraction of sp³-hybridized carbons (Fsp3) is 0.321. The second kappa shape index (κ2) is 9.18. The number of methoxy groups -OCH3 is 2. The predicted octanol–water partition coefficient (Wildman–Crippen LogP) is 5.79. The standard InChI is InChI=1S/C28H31NO4/c1-17(2)33-26-16-22-21(14-25(26)32-6)15-27(30)29(23-12-9-19(4)13-24(23)31-5)28(22)20-10-7-18(3)8-11-20/h7-14,16-17,28H,15H2,1-6H3. The van der Waals surface area contributed by atoms with E-state index in [-0.39, 0.29) is 24.5 Å². The molecule has 0 aliphatic carbocycles. The van der Waals surface area contributed by atoms with Gasteiger partial charge in [0, 0.05) is 0 Å². The first kappa shape index (κ1) is 22.7. The van der Waals surface area contributed by atoms with Gasteiger partial charge in [-0.3, -0.25) is 9.69 Å². The summed E-state index contributed by atoms with van der Waals surface area (Å²) in [5.74, 6) is 2.00. The summed E-state index contributed by atoms with van der Waals surface area (Å²) in [7, 11) is 3.27. The van der Waals surface area contributed by atoms with Crippen LogP contribution >= 0.6 is 0 Å². The van der Waals surface area contributed by atoms with Crippen molar-refractivity contribution in [3.05, 3.63) is 82.4 Å². The Hall–Kier alpha value is -3.47. The minimum absolute atomic E-state index is 0.00621. The van der Waals surface area contributed by atoms with E-state index in [4.69, 9.17) is 14.2 Å². The lowest BCUT2D eigenvalue weighted by Gasteiger charge is -2.38. The zero-order chi connectivity index (χ0) is 23.7. The third-order valence-corrected chi connectivity index (χ3v) is 5.94. The maximum Gasteiger partial charge on any atom is 0.232 e. The van der Waals surface area contributed by atoms with E-state index in [1.54, 1.807) is 14.2 Å². The van der Waals surface area contributed by atoms with Gasteiger partial charge in [0.1, 0.15) is 5.75 Å². The van der Waals surface area contributed by atoms with Gasteiger partial charge >= 0.3 is 0 Å². The van der Waals surface area contributed by atoms with Crippen molar-refractivity contribution in [1.82, 2.24) is 0 Å². The van der Waals surface area contributed by atoms with Crippen molar-refractivity contribution in [3.8, 4) is 17.2 Å². The summed E-state index contributed by atoms with van der Waals surface area (Å²) in [6.45, 7) is 8.05. The molecule has 0 N–H and O–H groups in total. The van der Waals surface area contributed by atoms with Crippen LogP contribution in [0, 0.1) is 13.8 Å². The number of amides is 1. The molecule has 1 aliphatic rings. The highest BCUT2D eigenvalue weighted by atomic mass is 16.5. The van der Waals surface area contributed by atoms with Crippen LogP contribution in [0.15, 0.2) is 54.6 Å². The van der Waals surface area contributed by atoms with E-state index in [1.807, 2.05) is 56.0 Å². The van der Waals surface area contributed by atoms with E-state index in [0.29, 0.717) is 17.2 Å².